The number of amides is 2. The van der Waals surface area contributed by atoms with Crippen LogP contribution in [0, 0.1) is 0 Å². The van der Waals surface area contributed by atoms with Gasteiger partial charge in [0.05, 0.1) is 17.8 Å². The molecule has 0 bridgehead atoms. The zero-order chi connectivity index (χ0) is 18.4. The normalized spacial score (nSPS) is 10.6. The SMILES string of the molecule is COc1c(Br)cc(Br)cc1/C=N\NC(=O)c1ccc(NC(C)=O)cc1. The number of nitrogens with one attached hydrogen (secondary N) is 2. The highest BCUT2D eigenvalue weighted by Crippen LogP contribution is 2.31. The van der Waals surface area contributed by atoms with Gasteiger partial charge in [0.15, 0.2) is 0 Å². The number of rotatable bonds is 5. The number of ether oxygens (including phenoxy) is 1. The molecule has 0 aliphatic rings. The average molecular weight is 469 g/mol. The third kappa shape index (κ3) is 5.40. The maximum absolute atomic E-state index is 12.1. The molecule has 0 aliphatic heterocycles. The molecule has 8 heteroatoms. The lowest BCUT2D eigenvalue weighted by atomic mass is 10.2. The molecule has 2 aromatic rings. The average Bonchev–Trinajstić information content (AvgIpc) is 2.54. The first-order chi connectivity index (χ1) is 11.9. The van der Waals surface area contributed by atoms with Gasteiger partial charge in [-0.25, -0.2) is 5.43 Å². The summed E-state index contributed by atoms with van der Waals surface area (Å²) in [5.74, 6) is 0.0791. The van der Waals surface area contributed by atoms with Crippen molar-refractivity contribution in [3.8, 4) is 5.75 Å². The first kappa shape index (κ1) is 19.1. The number of hydrogen-bond donors (Lipinski definition) is 2. The fraction of sp³-hybridized carbons (Fsp3) is 0.118. The van der Waals surface area contributed by atoms with Crippen LogP contribution < -0.4 is 15.5 Å². The van der Waals surface area contributed by atoms with Gasteiger partial charge in [-0.15, -0.1) is 0 Å². The van der Waals surface area contributed by atoms with Crippen LogP contribution in [0.1, 0.15) is 22.8 Å². The van der Waals surface area contributed by atoms with Crippen molar-refractivity contribution in [2.75, 3.05) is 12.4 Å². The molecule has 2 rings (SSSR count). The van der Waals surface area contributed by atoms with Gasteiger partial charge in [-0.1, -0.05) is 15.9 Å². The topological polar surface area (TPSA) is 79.8 Å². The van der Waals surface area contributed by atoms with Crippen LogP contribution in [-0.4, -0.2) is 25.1 Å². The molecule has 25 heavy (non-hydrogen) atoms. The van der Waals surface area contributed by atoms with Crippen molar-refractivity contribution in [2.45, 2.75) is 6.92 Å². The summed E-state index contributed by atoms with van der Waals surface area (Å²) in [5.41, 5.74) is 4.20. The zero-order valence-electron chi connectivity index (χ0n) is 13.5. The van der Waals surface area contributed by atoms with Gasteiger partial charge in [0.2, 0.25) is 5.91 Å². The molecule has 2 N–H and O–H groups in total. The van der Waals surface area contributed by atoms with Crippen LogP contribution in [0.2, 0.25) is 0 Å². The van der Waals surface area contributed by atoms with Crippen molar-refractivity contribution >= 4 is 55.6 Å². The predicted octanol–water partition coefficient (Wildman–Crippen LogP) is 3.94. The fourth-order valence-electron chi connectivity index (χ4n) is 2.02. The fourth-order valence-corrected chi connectivity index (χ4v) is 3.44. The highest BCUT2D eigenvalue weighted by Gasteiger charge is 2.08. The second-order valence-electron chi connectivity index (χ2n) is 4.97. The Morgan fingerprint density at radius 3 is 2.44 bits per heavy atom. The van der Waals surface area contributed by atoms with Crippen LogP contribution in [0.3, 0.4) is 0 Å². The van der Waals surface area contributed by atoms with E-state index in [1.165, 1.54) is 13.1 Å². The van der Waals surface area contributed by atoms with E-state index >= 15 is 0 Å². The van der Waals surface area contributed by atoms with E-state index in [0.717, 1.165) is 8.95 Å². The number of methoxy groups -OCH3 is 1. The molecule has 2 amide bonds. The van der Waals surface area contributed by atoms with E-state index in [4.69, 9.17) is 4.74 Å². The van der Waals surface area contributed by atoms with Gasteiger partial charge in [-0.2, -0.15) is 5.10 Å². The van der Waals surface area contributed by atoms with E-state index in [9.17, 15) is 9.59 Å². The number of carbonyl (C=O) groups is 2. The number of halogens is 2. The third-order valence-electron chi connectivity index (χ3n) is 3.08. The van der Waals surface area contributed by atoms with Crippen molar-refractivity contribution < 1.29 is 14.3 Å². The van der Waals surface area contributed by atoms with E-state index in [1.807, 2.05) is 12.1 Å². The van der Waals surface area contributed by atoms with Crippen LogP contribution in [0.5, 0.6) is 5.75 Å². The number of nitrogens with zero attached hydrogens (tertiary/aromatic N) is 1. The molecule has 0 radical (unpaired) electrons. The molecule has 0 saturated carbocycles. The van der Waals surface area contributed by atoms with E-state index in [-0.39, 0.29) is 11.8 Å². The van der Waals surface area contributed by atoms with Crippen LogP contribution in [0.15, 0.2) is 50.4 Å². The van der Waals surface area contributed by atoms with Crippen molar-refractivity contribution in [1.82, 2.24) is 5.43 Å². The first-order valence-electron chi connectivity index (χ1n) is 7.15. The zero-order valence-corrected chi connectivity index (χ0v) is 16.6. The Balaban J connectivity index is 2.07. The number of hydrazone groups is 1. The van der Waals surface area contributed by atoms with Crippen molar-refractivity contribution in [1.29, 1.82) is 0 Å². The summed E-state index contributed by atoms with van der Waals surface area (Å²) in [4.78, 5) is 23.1. The lowest BCUT2D eigenvalue weighted by Gasteiger charge is -2.08. The summed E-state index contributed by atoms with van der Waals surface area (Å²) in [7, 11) is 1.56. The summed E-state index contributed by atoms with van der Waals surface area (Å²) in [5, 5.41) is 6.60. The van der Waals surface area contributed by atoms with Gasteiger partial charge < -0.3 is 10.1 Å². The molecule has 0 spiro atoms. The van der Waals surface area contributed by atoms with E-state index in [2.05, 4.69) is 47.7 Å². The minimum Gasteiger partial charge on any atom is -0.495 e. The predicted molar refractivity (Wildman–Crippen MR) is 104 cm³/mol. The molecule has 6 nitrogen and oxygen atoms in total. The van der Waals surface area contributed by atoms with Crippen LogP contribution in [0.4, 0.5) is 5.69 Å². The summed E-state index contributed by atoms with van der Waals surface area (Å²) >= 11 is 6.80. The van der Waals surface area contributed by atoms with Crippen LogP contribution in [0.25, 0.3) is 0 Å². The Morgan fingerprint density at radius 1 is 1.16 bits per heavy atom. The lowest BCUT2D eigenvalue weighted by Crippen LogP contribution is -2.17. The summed E-state index contributed by atoms with van der Waals surface area (Å²) < 4.78 is 6.93. The number of hydrogen-bond acceptors (Lipinski definition) is 4. The van der Waals surface area contributed by atoms with Crippen molar-refractivity contribution in [3.63, 3.8) is 0 Å². The molecule has 0 saturated heterocycles. The smallest absolute Gasteiger partial charge is 0.271 e. The van der Waals surface area contributed by atoms with Crippen LogP contribution in [-0.2, 0) is 4.79 Å². The maximum atomic E-state index is 12.1. The lowest BCUT2D eigenvalue weighted by molar-refractivity contribution is -0.114. The molecule has 0 heterocycles. The van der Waals surface area contributed by atoms with Gasteiger partial charge in [-0.3, -0.25) is 9.59 Å². The van der Waals surface area contributed by atoms with Gasteiger partial charge in [-0.05, 0) is 52.3 Å². The van der Waals surface area contributed by atoms with E-state index < -0.39 is 0 Å². The monoisotopic (exact) mass is 467 g/mol. The third-order valence-corrected chi connectivity index (χ3v) is 4.13. The molecular formula is C17H15Br2N3O3. The standard InChI is InChI=1S/C17H15Br2N3O3/c1-10(23)21-14-5-3-11(4-6-14)17(24)22-20-9-12-7-13(18)8-15(19)16(12)25-2/h3-9H,1-2H3,(H,21,23)(H,22,24)/b20-9-. The van der Waals surface area contributed by atoms with Gasteiger partial charge in [0.25, 0.3) is 5.91 Å². The van der Waals surface area contributed by atoms with Crippen LogP contribution >= 0.6 is 31.9 Å². The van der Waals surface area contributed by atoms with Crippen molar-refractivity contribution in [2.24, 2.45) is 5.10 Å². The molecule has 0 atom stereocenters. The van der Waals surface area contributed by atoms with Gasteiger partial charge in [0, 0.05) is 28.2 Å². The van der Waals surface area contributed by atoms with E-state index in [1.54, 1.807) is 31.4 Å². The Hall–Kier alpha value is -2.19. The molecule has 0 aliphatic carbocycles. The minimum absolute atomic E-state index is 0.170. The van der Waals surface area contributed by atoms with Crippen molar-refractivity contribution in [3.05, 3.63) is 56.5 Å². The minimum atomic E-state index is -0.362. The van der Waals surface area contributed by atoms with E-state index in [0.29, 0.717) is 22.6 Å². The highest BCUT2D eigenvalue weighted by molar-refractivity contribution is 9.11. The summed E-state index contributed by atoms with van der Waals surface area (Å²) in [6, 6.07) is 10.2. The Kier molecular flexibility index (Phi) is 6.72. The number of benzene rings is 2. The Bertz CT molecular complexity index is 821. The Labute approximate surface area is 161 Å². The summed E-state index contributed by atoms with van der Waals surface area (Å²) in [6.07, 6.45) is 1.50. The van der Waals surface area contributed by atoms with Gasteiger partial charge >= 0.3 is 0 Å². The number of carbonyl (C=O) groups excluding carboxylic acids is 2. The van der Waals surface area contributed by atoms with Gasteiger partial charge in [0.1, 0.15) is 5.75 Å². The second-order valence-corrected chi connectivity index (χ2v) is 6.74. The maximum Gasteiger partial charge on any atom is 0.271 e. The number of anilines is 1. The second kappa shape index (κ2) is 8.77. The summed E-state index contributed by atoms with van der Waals surface area (Å²) in [6.45, 7) is 1.42. The molecule has 2 aromatic carbocycles. The first-order valence-corrected chi connectivity index (χ1v) is 8.73. The highest BCUT2D eigenvalue weighted by atomic mass is 79.9. The molecule has 0 fully saturated rings. The molecule has 0 unspecified atom stereocenters. The molecule has 0 aromatic heterocycles. The molecule has 130 valence electrons. The quantitative estimate of drug-likeness (QED) is 0.515. The Morgan fingerprint density at radius 2 is 1.84 bits per heavy atom. The largest absolute Gasteiger partial charge is 0.495 e. The molecular weight excluding hydrogens is 454 g/mol.